The van der Waals surface area contributed by atoms with E-state index < -0.39 is 18.0 Å². The fraction of sp³-hybridized carbons (Fsp3) is 0.167. The summed E-state index contributed by atoms with van der Waals surface area (Å²) in [5.41, 5.74) is 0.160. The average molecular weight is 285 g/mol. The monoisotopic (exact) mass is 285 g/mol. The third-order valence-electron chi connectivity index (χ3n) is 2.60. The molecule has 0 aliphatic carbocycles. The van der Waals surface area contributed by atoms with E-state index in [1.807, 2.05) is 0 Å². The lowest BCUT2D eigenvalue weighted by molar-refractivity contribution is -0.141. The highest BCUT2D eigenvalue weighted by Crippen LogP contribution is 2.31. The number of hydrogen-bond donors (Lipinski definition) is 2. The van der Waals surface area contributed by atoms with E-state index in [0.717, 1.165) is 10.7 Å². The van der Waals surface area contributed by atoms with Crippen LogP contribution in [0, 0.1) is 0 Å². The molecule has 1 amide bonds. The van der Waals surface area contributed by atoms with Crippen molar-refractivity contribution in [1.29, 1.82) is 0 Å². The van der Waals surface area contributed by atoms with E-state index in [0.29, 0.717) is 16.9 Å². The Balaban J connectivity index is 2.32. The molecule has 0 unspecified atom stereocenters. The molecule has 2 N–H and O–H groups in total. The van der Waals surface area contributed by atoms with Crippen LogP contribution in [-0.4, -0.2) is 21.0 Å². The maximum absolute atomic E-state index is 12.6. The van der Waals surface area contributed by atoms with Gasteiger partial charge in [0.2, 0.25) is 0 Å². The number of anilines is 1. The number of aromatic nitrogens is 2. The van der Waals surface area contributed by atoms with Crippen LogP contribution in [0.2, 0.25) is 0 Å². The summed E-state index contributed by atoms with van der Waals surface area (Å²) in [5.74, 6) is 0. The summed E-state index contributed by atoms with van der Waals surface area (Å²) in [5, 5.41) is 14.1. The third kappa shape index (κ3) is 2.90. The molecule has 8 heteroatoms. The van der Waals surface area contributed by atoms with E-state index in [1.165, 1.54) is 31.3 Å². The molecule has 0 aliphatic heterocycles. The van der Waals surface area contributed by atoms with Gasteiger partial charge in [0.1, 0.15) is 0 Å². The molecule has 20 heavy (non-hydrogen) atoms. The van der Waals surface area contributed by atoms with E-state index in [1.54, 1.807) is 0 Å². The number of carboxylic acid groups (broad SMARTS) is 1. The van der Waals surface area contributed by atoms with Crippen LogP contribution in [-0.2, 0) is 13.2 Å². The van der Waals surface area contributed by atoms with Crippen LogP contribution >= 0.6 is 0 Å². The highest BCUT2D eigenvalue weighted by atomic mass is 19.4. The molecule has 0 radical (unpaired) electrons. The van der Waals surface area contributed by atoms with E-state index in [4.69, 9.17) is 5.11 Å². The molecule has 0 saturated heterocycles. The lowest BCUT2D eigenvalue weighted by atomic mass is 10.1. The van der Waals surface area contributed by atoms with E-state index >= 15 is 0 Å². The van der Waals surface area contributed by atoms with Crippen LogP contribution in [0.3, 0.4) is 0 Å². The molecule has 2 rings (SSSR count). The fourth-order valence-corrected chi connectivity index (χ4v) is 1.72. The second-order valence-corrected chi connectivity index (χ2v) is 4.04. The minimum atomic E-state index is -4.50. The van der Waals surface area contributed by atoms with Crippen molar-refractivity contribution in [2.45, 2.75) is 6.18 Å². The fourth-order valence-electron chi connectivity index (χ4n) is 1.72. The van der Waals surface area contributed by atoms with Crippen LogP contribution in [0.1, 0.15) is 5.69 Å². The standard InChI is InChI=1S/C12H10F3N3O2/c1-18-9(6-10(17-18)12(13,14)15)7-2-4-8(5-3-7)16-11(19)20/h2-6,16H,1H3,(H,19,20). The third-order valence-corrected chi connectivity index (χ3v) is 2.60. The van der Waals surface area contributed by atoms with Crippen LogP contribution in [0.4, 0.5) is 23.7 Å². The SMILES string of the molecule is Cn1nc(C(F)(F)F)cc1-c1ccc(NC(=O)O)cc1. The molecule has 1 aromatic heterocycles. The molecule has 0 spiro atoms. The molecule has 0 aliphatic rings. The van der Waals surface area contributed by atoms with Crippen molar-refractivity contribution in [2.75, 3.05) is 5.32 Å². The first-order valence-corrected chi connectivity index (χ1v) is 5.49. The van der Waals surface area contributed by atoms with Crippen LogP contribution < -0.4 is 5.32 Å². The number of rotatable bonds is 2. The van der Waals surface area contributed by atoms with Gasteiger partial charge in [-0.3, -0.25) is 10.00 Å². The Morgan fingerprint density at radius 2 is 1.90 bits per heavy atom. The summed E-state index contributed by atoms with van der Waals surface area (Å²) in [6, 6.07) is 6.90. The van der Waals surface area contributed by atoms with Crippen molar-refractivity contribution in [3.63, 3.8) is 0 Å². The van der Waals surface area contributed by atoms with Gasteiger partial charge >= 0.3 is 12.3 Å². The predicted molar refractivity (Wildman–Crippen MR) is 65.3 cm³/mol. The normalized spacial score (nSPS) is 11.4. The lowest BCUT2D eigenvalue weighted by Gasteiger charge is -2.04. The van der Waals surface area contributed by atoms with Gasteiger partial charge in [-0.15, -0.1) is 0 Å². The number of nitrogens with one attached hydrogen (secondary N) is 1. The van der Waals surface area contributed by atoms with Gasteiger partial charge < -0.3 is 5.11 Å². The minimum absolute atomic E-state index is 0.291. The maximum Gasteiger partial charge on any atom is 0.435 e. The van der Waals surface area contributed by atoms with Crippen LogP contribution in [0.5, 0.6) is 0 Å². The van der Waals surface area contributed by atoms with Gasteiger partial charge in [-0.05, 0) is 23.8 Å². The van der Waals surface area contributed by atoms with Gasteiger partial charge in [0.05, 0.1) is 5.69 Å². The second kappa shape index (κ2) is 4.87. The summed E-state index contributed by atoms with van der Waals surface area (Å²) < 4.78 is 38.8. The number of nitrogens with zero attached hydrogens (tertiary/aromatic N) is 2. The topological polar surface area (TPSA) is 67.2 Å². The molecule has 106 valence electrons. The molecule has 0 fully saturated rings. The van der Waals surface area contributed by atoms with Gasteiger partial charge in [-0.1, -0.05) is 12.1 Å². The number of hydrogen-bond acceptors (Lipinski definition) is 2. The Labute approximate surface area is 111 Å². The van der Waals surface area contributed by atoms with Crippen molar-refractivity contribution < 1.29 is 23.1 Å². The van der Waals surface area contributed by atoms with Crippen molar-refractivity contribution in [3.05, 3.63) is 36.0 Å². The van der Waals surface area contributed by atoms with E-state index in [9.17, 15) is 18.0 Å². The van der Waals surface area contributed by atoms with E-state index in [-0.39, 0.29) is 0 Å². The number of aryl methyl sites for hydroxylation is 1. The lowest BCUT2D eigenvalue weighted by Crippen LogP contribution is -2.06. The largest absolute Gasteiger partial charge is 0.465 e. The molecule has 2 aromatic rings. The summed E-state index contributed by atoms with van der Waals surface area (Å²) >= 11 is 0. The van der Waals surface area contributed by atoms with Gasteiger partial charge in [0, 0.05) is 12.7 Å². The molecular weight excluding hydrogens is 275 g/mol. The molecule has 0 atom stereocenters. The van der Waals surface area contributed by atoms with Crippen molar-refractivity contribution in [1.82, 2.24) is 9.78 Å². The quantitative estimate of drug-likeness (QED) is 0.890. The summed E-state index contributed by atoms with van der Waals surface area (Å²) in [6.07, 6.45) is -5.71. The molecule has 5 nitrogen and oxygen atoms in total. The van der Waals surface area contributed by atoms with Crippen molar-refractivity contribution >= 4 is 11.8 Å². The Morgan fingerprint density at radius 3 is 2.35 bits per heavy atom. The first kappa shape index (κ1) is 13.9. The summed E-state index contributed by atoms with van der Waals surface area (Å²) in [4.78, 5) is 10.4. The van der Waals surface area contributed by atoms with Crippen LogP contribution in [0.15, 0.2) is 30.3 Å². The zero-order valence-electron chi connectivity index (χ0n) is 10.3. The Hall–Kier alpha value is -2.51. The molecule has 0 saturated carbocycles. The molecule has 1 aromatic carbocycles. The molecule has 1 heterocycles. The van der Waals surface area contributed by atoms with Crippen LogP contribution in [0.25, 0.3) is 11.3 Å². The summed E-state index contributed by atoms with van der Waals surface area (Å²) in [7, 11) is 1.41. The van der Waals surface area contributed by atoms with Crippen molar-refractivity contribution in [3.8, 4) is 11.3 Å². The highest BCUT2D eigenvalue weighted by molar-refractivity contribution is 5.83. The average Bonchev–Trinajstić information content (AvgIpc) is 2.71. The Bertz CT molecular complexity index is 632. The number of carbonyl (C=O) groups is 1. The summed E-state index contributed by atoms with van der Waals surface area (Å²) in [6.45, 7) is 0. The smallest absolute Gasteiger partial charge is 0.435 e. The predicted octanol–water partition coefficient (Wildman–Crippen LogP) is 3.20. The first-order valence-electron chi connectivity index (χ1n) is 5.49. The van der Waals surface area contributed by atoms with Gasteiger partial charge in [-0.25, -0.2) is 4.79 Å². The number of halogens is 3. The molecular formula is C12H10F3N3O2. The second-order valence-electron chi connectivity index (χ2n) is 4.04. The Kier molecular flexibility index (Phi) is 3.39. The molecule has 0 bridgehead atoms. The zero-order valence-corrected chi connectivity index (χ0v) is 10.3. The zero-order chi connectivity index (χ0) is 14.9. The minimum Gasteiger partial charge on any atom is -0.465 e. The van der Waals surface area contributed by atoms with Gasteiger partial charge in [-0.2, -0.15) is 18.3 Å². The van der Waals surface area contributed by atoms with E-state index in [2.05, 4.69) is 10.4 Å². The maximum atomic E-state index is 12.6. The Morgan fingerprint density at radius 1 is 1.30 bits per heavy atom. The number of alkyl halides is 3. The van der Waals surface area contributed by atoms with Gasteiger partial charge in [0.15, 0.2) is 5.69 Å². The van der Waals surface area contributed by atoms with Crippen molar-refractivity contribution in [2.24, 2.45) is 7.05 Å². The highest BCUT2D eigenvalue weighted by Gasteiger charge is 2.34. The van der Waals surface area contributed by atoms with Gasteiger partial charge in [0.25, 0.3) is 0 Å². The first-order chi connectivity index (χ1) is 9.27. The number of amides is 1. The number of benzene rings is 1.